The van der Waals surface area contributed by atoms with Crippen molar-refractivity contribution in [3.05, 3.63) is 35.4 Å². The molecular formula is C14H14N2O. The molecule has 0 heterocycles. The van der Waals surface area contributed by atoms with Crippen LogP contribution in [0.4, 0.5) is 0 Å². The Hall–Kier alpha value is -2.26. The Balaban J connectivity index is 3.02. The summed E-state index contributed by atoms with van der Waals surface area (Å²) in [6.45, 7) is 2.16. The van der Waals surface area contributed by atoms with Crippen LogP contribution in [0, 0.1) is 23.7 Å². The van der Waals surface area contributed by atoms with Crippen molar-refractivity contribution in [3.8, 4) is 18.4 Å². The van der Waals surface area contributed by atoms with E-state index in [4.69, 9.17) is 11.7 Å². The lowest BCUT2D eigenvalue weighted by molar-refractivity contribution is 0.0794. The Morgan fingerprint density at radius 2 is 2.12 bits per heavy atom. The lowest BCUT2D eigenvalue weighted by Crippen LogP contribution is -2.32. The molecule has 0 spiro atoms. The molecule has 0 saturated heterocycles. The molecule has 0 aliphatic heterocycles. The number of nitriles is 1. The van der Waals surface area contributed by atoms with E-state index in [1.807, 2.05) is 31.2 Å². The van der Waals surface area contributed by atoms with Crippen molar-refractivity contribution < 1.29 is 4.79 Å². The molecular weight excluding hydrogens is 212 g/mol. The van der Waals surface area contributed by atoms with Crippen molar-refractivity contribution >= 4 is 5.91 Å². The van der Waals surface area contributed by atoms with Crippen molar-refractivity contribution in [3.63, 3.8) is 0 Å². The van der Waals surface area contributed by atoms with Crippen LogP contribution in [0.1, 0.15) is 22.8 Å². The topological polar surface area (TPSA) is 44.1 Å². The van der Waals surface area contributed by atoms with Gasteiger partial charge in [-0.25, -0.2) is 0 Å². The summed E-state index contributed by atoms with van der Waals surface area (Å²) in [4.78, 5) is 13.6. The maximum Gasteiger partial charge on any atom is 0.255 e. The Kier molecular flexibility index (Phi) is 4.78. The predicted molar refractivity (Wildman–Crippen MR) is 66.2 cm³/mol. The van der Waals surface area contributed by atoms with E-state index in [1.54, 1.807) is 6.07 Å². The molecule has 0 radical (unpaired) electrons. The first-order chi connectivity index (χ1) is 8.24. The lowest BCUT2D eigenvalue weighted by atomic mass is 10.0. The van der Waals surface area contributed by atoms with Crippen LogP contribution < -0.4 is 0 Å². The smallest absolute Gasteiger partial charge is 0.255 e. The van der Waals surface area contributed by atoms with Gasteiger partial charge in [-0.2, -0.15) is 5.26 Å². The van der Waals surface area contributed by atoms with Crippen LogP contribution in [0.2, 0.25) is 0 Å². The number of amides is 1. The van der Waals surface area contributed by atoms with Crippen molar-refractivity contribution in [2.45, 2.75) is 13.3 Å². The van der Waals surface area contributed by atoms with Gasteiger partial charge in [-0.15, -0.1) is 6.42 Å². The zero-order valence-electron chi connectivity index (χ0n) is 9.81. The number of carbonyl (C=O) groups excluding carboxylic acids is 1. The van der Waals surface area contributed by atoms with Gasteiger partial charge in [-0.3, -0.25) is 4.79 Å². The number of hydrogen-bond acceptors (Lipinski definition) is 2. The zero-order chi connectivity index (χ0) is 12.7. The van der Waals surface area contributed by atoms with Gasteiger partial charge in [0.1, 0.15) is 6.54 Å². The average molecular weight is 226 g/mol. The summed E-state index contributed by atoms with van der Waals surface area (Å²) in [6, 6.07) is 9.33. The minimum absolute atomic E-state index is 0.0150. The van der Waals surface area contributed by atoms with Gasteiger partial charge >= 0.3 is 0 Å². The second-order valence-corrected chi connectivity index (χ2v) is 3.53. The third kappa shape index (κ3) is 3.09. The molecule has 0 saturated carbocycles. The maximum absolute atomic E-state index is 12.2. The summed E-state index contributed by atoms with van der Waals surface area (Å²) < 4.78 is 0. The Morgan fingerprint density at radius 1 is 1.41 bits per heavy atom. The lowest BCUT2D eigenvalue weighted by Gasteiger charge is -2.18. The zero-order valence-corrected chi connectivity index (χ0v) is 9.81. The number of aryl methyl sites for hydroxylation is 1. The fourth-order valence-corrected chi connectivity index (χ4v) is 1.60. The summed E-state index contributed by atoms with van der Waals surface area (Å²) >= 11 is 0. The van der Waals surface area contributed by atoms with Crippen LogP contribution in [0.15, 0.2) is 24.3 Å². The third-order valence-electron chi connectivity index (χ3n) is 2.46. The highest BCUT2D eigenvalue weighted by Crippen LogP contribution is 2.12. The minimum atomic E-state index is -0.179. The molecule has 3 nitrogen and oxygen atoms in total. The van der Waals surface area contributed by atoms with Gasteiger partial charge in [-0.1, -0.05) is 31.0 Å². The predicted octanol–water partition coefficient (Wildman–Crippen LogP) is 1.85. The number of benzene rings is 1. The van der Waals surface area contributed by atoms with Crippen LogP contribution >= 0.6 is 0 Å². The van der Waals surface area contributed by atoms with Gasteiger partial charge in [0.15, 0.2) is 0 Å². The summed E-state index contributed by atoms with van der Waals surface area (Å²) in [6.07, 6.45) is 5.97. The van der Waals surface area contributed by atoms with Crippen molar-refractivity contribution in [1.29, 1.82) is 5.26 Å². The molecule has 1 aromatic carbocycles. The first-order valence-electron chi connectivity index (χ1n) is 5.42. The van der Waals surface area contributed by atoms with E-state index < -0.39 is 0 Å². The molecule has 0 atom stereocenters. The molecule has 17 heavy (non-hydrogen) atoms. The van der Waals surface area contributed by atoms with E-state index in [1.165, 1.54) is 4.90 Å². The van der Waals surface area contributed by atoms with Crippen molar-refractivity contribution in [1.82, 2.24) is 4.90 Å². The van der Waals surface area contributed by atoms with Gasteiger partial charge in [0.05, 0.1) is 12.6 Å². The SMILES string of the molecule is C#CCN(CC#N)C(=O)c1ccccc1CC. The monoisotopic (exact) mass is 226 g/mol. The van der Waals surface area contributed by atoms with Crippen molar-refractivity contribution in [2.24, 2.45) is 0 Å². The molecule has 0 N–H and O–H groups in total. The van der Waals surface area contributed by atoms with E-state index in [0.29, 0.717) is 5.56 Å². The Labute approximate surface area is 102 Å². The van der Waals surface area contributed by atoms with Crippen LogP contribution in [-0.4, -0.2) is 23.9 Å². The van der Waals surface area contributed by atoms with Gasteiger partial charge in [0.2, 0.25) is 0 Å². The first-order valence-corrected chi connectivity index (χ1v) is 5.42. The molecule has 3 heteroatoms. The van der Waals surface area contributed by atoms with Crippen LogP contribution in [0.5, 0.6) is 0 Å². The summed E-state index contributed by atoms with van der Waals surface area (Å²) in [5, 5.41) is 8.67. The second kappa shape index (κ2) is 6.35. The third-order valence-corrected chi connectivity index (χ3v) is 2.46. The highest BCUT2D eigenvalue weighted by atomic mass is 16.2. The van der Waals surface area contributed by atoms with Gasteiger partial charge in [0.25, 0.3) is 5.91 Å². The molecule has 1 aromatic rings. The highest BCUT2D eigenvalue weighted by Gasteiger charge is 2.16. The van der Waals surface area contributed by atoms with Gasteiger partial charge in [-0.05, 0) is 18.1 Å². The van der Waals surface area contributed by atoms with Crippen LogP contribution in [0.25, 0.3) is 0 Å². The van der Waals surface area contributed by atoms with Crippen LogP contribution in [0.3, 0.4) is 0 Å². The highest BCUT2D eigenvalue weighted by molar-refractivity contribution is 5.96. The van der Waals surface area contributed by atoms with E-state index in [9.17, 15) is 4.79 Å². The summed E-state index contributed by atoms with van der Waals surface area (Å²) in [5.41, 5.74) is 1.60. The number of nitrogens with zero attached hydrogens (tertiary/aromatic N) is 2. The van der Waals surface area contributed by atoms with Gasteiger partial charge < -0.3 is 4.90 Å². The molecule has 0 aliphatic rings. The Morgan fingerprint density at radius 3 is 2.71 bits per heavy atom. The molecule has 0 bridgehead atoms. The first kappa shape index (κ1) is 12.8. The number of rotatable bonds is 4. The minimum Gasteiger partial charge on any atom is -0.314 e. The average Bonchev–Trinajstić information content (AvgIpc) is 2.37. The maximum atomic E-state index is 12.2. The van der Waals surface area contributed by atoms with E-state index >= 15 is 0 Å². The fraction of sp³-hybridized carbons (Fsp3) is 0.286. The van der Waals surface area contributed by atoms with E-state index in [-0.39, 0.29) is 19.0 Å². The molecule has 0 fully saturated rings. The summed E-state index contributed by atoms with van der Waals surface area (Å²) in [5.74, 6) is 2.22. The normalized spacial score (nSPS) is 9.12. The van der Waals surface area contributed by atoms with Crippen molar-refractivity contribution in [2.75, 3.05) is 13.1 Å². The fourth-order valence-electron chi connectivity index (χ4n) is 1.60. The van der Waals surface area contributed by atoms with E-state index in [0.717, 1.165) is 12.0 Å². The number of carbonyl (C=O) groups is 1. The number of terminal acetylenes is 1. The molecule has 1 rings (SSSR count). The molecule has 0 aliphatic carbocycles. The van der Waals surface area contributed by atoms with Gasteiger partial charge in [0, 0.05) is 5.56 Å². The van der Waals surface area contributed by atoms with E-state index in [2.05, 4.69) is 5.92 Å². The molecule has 0 aromatic heterocycles. The standard InChI is InChI=1S/C14H14N2O/c1-3-10-16(11-9-15)14(17)13-8-6-5-7-12(13)4-2/h1,5-8H,4,10-11H2,2H3. The van der Waals surface area contributed by atoms with Crippen LogP contribution in [-0.2, 0) is 6.42 Å². The molecule has 1 amide bonds. The summed E-state index contributed by atoms with van der Waals surface area (Å²) in [7, 11) is 0. The largest absolute Gasteiger partial charge is 0.314 e. The number of hydrogen-bond donors (Lipinski definition) is 0. The quantitative estimate of drug-likeness (QED) is 0.581. The second-order valence-electron chi connectivity index (χ2n) is 3.53. The Bertz CT molecular complexity index is 464. The molecule has 86 valence electrons. The molecule has 0 unspecified atom stereocenters.